The SMILES string of the molecule is COc1ccc(CC(=O)Nc2cc([C@@H]3CC[C@H](N(C(=O)O)[C@H]4CC[C@@H](O)CC4)C3)[nH]n2)nc1. The van der Waals surface area contributed by atoms with Crippen LogP contribution in [0.2, 0.25) is 0 Å². The van der Waals surface area contributed by atoms with Crippen molar-refractivity contribution < 1.29 is 24.5 Å². The van der Waals surface area contributed by atoms with Crippen molar-refractivity contribution in [1.82, 2.24) is 20.1 Å². The van der Waals surface area contributed by atoms with Crippen molar-refractivity contribution in [3.05, 3.63) is 35.8 Å². The minimum Gasteiger partial charge on any atom is -0.495 e. The van der Waals surface area contributed by atoms with E-state index in [-0.39, 0.29) is 36.4 Å². The Hall–Kier alpha value is -3.14. The fraction of sp³-hybridized carbons (Fsp3) is 0.565. The summed E-state index contributed by atoms with van der Waals surface area (Å²) < 4.78 is 5.07. The molecule has 0 unspecified atom stereocenters. The highest BCUT2D eigenvalue weighted by Crippen LogP contribution is 2.39. The third-order valence-electron chi connectivity index (χ3n) is 6.76. The molecule has 2 fully saturated rings. The molecule has 2 heterocycles. The Labute approximate surface area is 192 Å². The smallest absolute Gasteiger partial charge is 0.407 e. The van der Waals surface area contributed by atoms with E-state index in [9.17, 15) is 19.8 Å². The van der Waals surface area contributed by atoms with Gasteiger partial charge in [-0.05, 0) is 57.1 Å². The third-order valence-corrected chi connectivity index (χ3v) is 6.76. The van der Waals surface area contributed by atoms with Gasteiger partial charge < -0.3 is 25.2 Å². The number of rotatable bonds is 7. The number of hydrogen-bond donors (Lipinski definition) is 4. The van der Waals surface area contributed by atoms with Gasteiger partial charge in [-0.2, -0.15) is 5.10 Å². The molecule has 0 spiro atoms. The van der Waals surface area contributed by atoms with E-state index in [0.29, 0.717) is 42.9 Å². The standard InChI is InChI=1S/C23H31N5O5/c1-33-19-9-3-15(24-13-19)11-22(30)25-21-12-20(26-27-21)14-2-4-17(10-14)28(23(31)32)16-5-7-18(29)8-6-16/h3,9,12-14,16-18,29H,2,4-8,10-11H2,1H3,(H,31,32)(H2,25,26,27,30)/t14-,16-,17+,18+/m1/s1. The number of H-pyrrole nitrogens is 1. The fourth-order valence-corrected chi connectivity index (χ4v) is 5.04. The normalized spacial score (nSPS) is 24.9. The molecule has 2 aromatic heterocycles. The number of pyridine rings is 1. The number of aliphatic hydroxyl groups is 1. The Morgan fingerprint density at radius 2 is 1.94 bits per heavy atom. The first-order chi connectivity index (χ1) is 15.9. The van der Waals surface area contributed by atoms with Crippen LogP contribution in [-0.4, -0.2) is 67.6 Å². The lowest BCUT2D eigenvalue weighted by atomic mass is 9.91. The molecule has 2 amide bonds. The quantitative estimate of drug-likeness (QED) is 0.501. The summed E-state index contributed by atoms with van der Waals surface area (Å²) >= 11 is 0. The van der Waals surface area contributed by atoms with Crippen molar-refractivity contribution in [2.45, 2.75) is 75.5 Å². The molecule has 0 bridgehead atoms. The maximum absolute atomic E-state index is 12.4. The summed E-state index contributed by atoms with van der Waals surface area (Å²) in [5.41, 5.74) is 1.53. The van der Waals surface area contributed by atoms with E-state index in [1.54, 1.807) is 30.3 Å². The number of aromatic amines is 1. The topological polar surface area (TPSA) is 141 Å². The highest BCUT2D eigenvalue weighted by molar-refractivity contribution is 5.91. The molecule has 0 saturated heterocycles. The first-order valence-electron chi connectivity index (χ1n) is 11.5. The molecule has 0 aliphatic heterocycles. The summed E-state index contributed by atoms with van der Waals surface area (Å²) in [6.45, 7) is 0. The van der Waals surface area contributed by atoms with Gasteiger partial charge in [0.15, 0.2) is 5.82 Å². The maximum atomic E-state index is 12.4. The van der Waals surface area contributed by atoms with Gasteiger partial charge in [-0.25, -0.2) is 4.79 Å². The van der Waals surface area contributed by atoms with Crippen molar-refractivity contribution in [1.29, 1.82) is 0 Å². The molecule has 4 rings (SSSR count). The van der Waals surface area contributed by atoms with Crippen molar-refractivity contribution in [2.75, 3.05) is 12.4 Å². The number of nitrogens with zero attached hydrogens (tertiary/aromatic N) is 3. The molecular weight excluding hydrogens is 426 g/mol. The minimum absolute atomic E-state index is 0.0298. The van der Waals surface area contributed by atoms with Gasteiger partial charge in [-0.1, -0.05) is 0 Å². The van der Waals surface area contributed by atoms with E-state index >= 15 is 0 Å². The first kappa shape index (κ1) is 23.0. The molecule has 2 atom stereocenters. The van der Waals surface area contributed by atoms with E-state index in [2.05, 4.69) is 20.5 Å². The number of methoxy groups -OCH3 is 1. The van der Waals surface area contributed by atoms with Gasteiger partial charge in [0.2, 0.25) is 5.91 Å². The number of carboxylic acid groups (broad SMARTS) is 1. The van der Waals surface area contributed by atoms with Gasteiger partial charge in [0.1, 0.15) is 5.75 Å². The van der Waals surface area contributed by atoms with Crippen LogP contribution in [0.3, 0.4) is 0 Å². The summed E-state index contributed by atoms with van der Waals surface area (Å²) in [5, 5.41) is 29.6. The van der Waals surface area contributed by atoms with Crippen molar-refractivity contribution in [2.24, 2.45) is 0 Å². The van der Waals surface area contributed by atoms with E-state index in [4.69, 9.17) is 4.74 Å². The molecule has 2 aliphatic rings. The summed E-state index contributed by atoms with van der Waals surface area (Å²) in [7, 11) is 1.56. The van der Waals surface area contributed by atoms with E-state index in [1.807, 2.05) is 6.07 Å². The molecule has 10 heteroatoms. The number of anilines is 1. The average Bonchev–Trinajstić information content (AvgIpc) is 3.45. The number of carbonyl (C=O) groups is 2. The first-order valence-corrected chi connectivity index (χ1v) is 11.5. The second-order valence-electron chi connectivity index (χ2n) is 8.94. The van der Waals surface area contributed by atoms with Crippen LogP contribution in [0.5, 0.6) is 5.75 Å². The van der Waals surface area contributed by atoms with Crippen LogP contribution in [0.4, 0.5) is 10.6 Å². The average molecular weight is 458 g/mol. The molecule has 10 nitrogen and oxygen atoms in total. The zero-order valence-corrected chi connectivity index (χ0v) is 18.7. The minimum atomic E-state index is -0.883. The molecule has 4 N–H and O–H groups in total. The number of aliphatic hydroxyl groups excluding tert-OH is 1. The van der Waals surface area contributed by atoms with Gasteiger partial charge in [0, 0.05) is 35.5 Å². The second-order valence-corrected chi connectivity index (χ2v) is 8.94. The lowest BCUT2D eigenvalue weighted by Gasteiger charge is -2.37. The number of nitrogens with one attached hydrogen (secondary N) is 2. The summed E-state index contributed by atoms with van der Waals surface area (Å²) in [5.74, 6) is 1.02. The van der Waals surface area contributed by atoms with Crippen molar-refractivity contribution in [3.63, 3.8) is 0 Å². The van der Waals surface area contributed by atoms with Crippen LogP contribution >= 0.6 is 0 Å². The van der Waals surface area contributed by atoms with Gasteiger partial charge in [0.05, 0.1) is 25.8 Å². The Morgan fingerprint density at radius 1 is 1.18 bits per heavy atom. The molecule has 2 aliphatic carbocycles. The zero-order chi connectivity index (χ0) is 23.4. The van der Waals surface area contributed by atoms with Crippen LogP contribution in [0.15, 0.2) is 24.4 Å². The Balaban J connectivity index is 1.32. The van der Waals surface area contributed by atoms with Crippen LogP contribution < -0.4 is 10.1 Å². The van der Waals surface area contributed by atoms with Crippen molar-refractivity contribution in [3.8, 4) is 5.75 Å². The Kier molecular flexibility index (Phi) is 7.12. The zero-order valence-electron chi connectivity index (χ0n) is 18.7. The molecule has 2 saturated carbocycles. The number of hydrogen-bond acceptors (Lipinski definition) is 6. The largest absolute Gasteiger partial charge is 0.495 e. The van der Waals surface area contributed by atoms with Gasteiger partial charge in [-0.3, -0.25) is 14.9 Å². The number of carbonyl (C=O) groups excluding carboxylic acids is 1. The van der Waals surface area contributed by atoms with Crippen LogP contribution in [0.25, 0.3) is 0 Å². The Morgan fingerprint density at radius 3 is 2.61 bits per heavy atom. The summed E-state index contributed by atoms with van der Waals surface area (Å²) in [4.78, 5) is 30.2. The molecule has 33 heavy (non-hydrogen) atoms. The van der Waals surface area contributed by atoms with Crippen LogP contribution in [0, 0.1) is 0 Å². The molecule has 0 aromatic carbocycles. The second kappa shape index (κ2) is 10.2. The van der Waals surface area contributed by atoms with Gasteiger partial charge in [-0.15, -0.1) is 0 Å². The lowest BCUT2D eigenvalue weighted by Crippen LogP contribution is -2.47. The predicted molar refractivity (Wildman–Crippen MR) is 120 cm³/mol. The molecule has 178 valence electrons. The highest BCUT2D eigenvalue weighted by atomic mass is 16.5. The van der Waals surface area contributed by atoms with Crippen LogP contribution in [-0.2, 0) is 11.2 Å². The van der Waals surface area contributed by atoms with Crippen LogP contribution in [0.1, 0.15) is 62.3 Å². The molecule has 2 aromatic rings. The number of aromatic nitrogens is 3. The highest BCUT2D eigenvalue weighted by Gasteiger charge is 2.38. The number of ether oxygens (including phenoxy) is 1. The van der Waals surface area contributed by atoms with E-state index in [1.165, 1.54) is 0 Å². The monoisotopic (exact) mass is 457 g/mol. The molecule has 0 radical (unpaired) electrons. The lowest BCUT2D eigenvalue weighted by molar-refractivity contribution is -0.115. The van der Waals surface area contributed by atoms with E-state index < -0.39 is 6.09 Å². The van der Waals surface area contributed by atoms with E-state index in [0.717, 1.165) is 25.0 Å². The summed E-state index contributed by atoms with van der Waals surface area (Å²) in [6.07, 6.45) is 5.59. The molecular formula is C23H31N5O5. The Bertz CT molecular complexity index is 954. The predicted octanol–water partition coefficient (Wildman–Crippen LogP) is 2.91. The van der Waals surface area contributed by atoms with Gasteiger partial charge in [0.25, 0.3) is 0 Å². The fourth-order valence-electron chi connectivity index (χ4n) is 5.04. The van der Waals surface area contributed by atoms with Gasteiger partial charge >= 0.3 is 6.09 Å². The number of amides is 2. The van der Waals surface area contributed by atoms with Crippen molar-refractivity contribution >= 4 is 17.8 Å². The third kappa shape index (κ3) is 5.62. The summed E-state index contributed by atoms with van der Waals surface area (Å²) in [6, 6.07) is 5.25. The maximum Gasteiger partial charge on any atom is 0.407 e.